The maximum atomic E-state index is 4.34. The molecule has 0 aliphatic carbocycles. The molecule has 0 aromatic heterocycles. The minimum atomic E-state index is 0.878. The molecule has 2 nitrogen and oxygen atoms in total. The maximum absolute atomic E-state index is 4.34. The summed E-state index contributed by atoms with van der Waals surface area (Å²) in [5.41, 5.74) is 2.36. The van der Waals surface area contributed by atoms with Crippen LogP contribution in [0.25, 0.3) is 0 Å². The van der Waals surface area contributed by atoms with E-state index in [1.54, 1.807) is 0 Å². The van der Waals surface area contributed by atoms with Crippen LogP contribution in [0, 0.1) is 0 Å². The molecule has 0 amide bonds. The highest BCUT2D eigenvalue weighted by Crippen LogP contribution is 2.08. The Balaban J connectivity index is 2.01. The number of amidine groups is 1. The Morgan fingerprint density at radius 1 is 1.36 bits per heavy atom. The van der Waals surface area contributed by atoms with Crippen molar-refractivity contribution in [3.63, 3.8) is 0 Å². The van der Waals surface area contributed by atoms with Crippen molar-refractivity contribution in [1.29, 1.82) is 0 Å². The first-order chi connectivity index (χ1) is 6.86. The molecule has 1 aliphatic rings. The van der Waals surface area contributed by atoms with Crippen LogP contribution in [0.1, 0.15) is 5.56 Å². The Morgan fingerprint density at radius 3 is 2.79 bits per heavy atom. The van der Waals surface area contributed by atoms with E-state index in [1.807, 2.05) is 18.2 Å². The minimum Gasteiger partial charge on any atom is -0.368 e. The van der Waals surface area contributed by atoms with E-state index in [0.29, 0.717) is 0 Å². The maximum Gasteiger partial charge on any atom is 0.123 e. The smallest absolute Gasteiger partial charge is 0.123 e. The third kappa shape index (κ3) is 2.02. The van der Waals surface area contributed by atoms with Crippen LogP contribution < -0.4 is 5.32 Å². The number of benzene rings is 1. The number of nitrogens with one attached hydrogen (secondary N) is 1. The van der Waals surface area contributed by atoms with Crippen molar-refractivity contribution < 1.29 is 0 Å². The molecular weight excluding hydrogens is 172 g/mol. The molecule has 0 radical (unpaired) electrons. The molecule has 0 spiro atoms. The third-order valence-electron chi connectivity index (χ3n) is 2.27. The number of hydrogen-bond donors (Lipinski definition) is 1. The van der Waals surface area contributed by atoms with Crippen LogP contribution in [-0.2, 0) is 6.42 Å². The number of aliphatic imine (C=N–C) groups is 1. The van der Waals surface area contributed by atoms with Gasteiger partial charge in [-0.05, 0) is 11.1 Å². The van der Waals surface area contributed by atoms with Crippen LogP contribution in [0.5, 0.6) is 0 Å². The Bertz CT molecular complexity index is 352. The van der Waals surface area contributed by atoms with Gasteiger partial charge in [-0.3, -0.25) is 4.99 Å². The van der Waals surface area contributed by atoms with Crippen molar-refractivity contribution in [1.82, 2.24) is 5.32 Å². The Kier molecular flexibility index (Phi) is 2.63. The average molecular weight is 186 g/mol. The molecule has 14 heavy (non-hydrogen) atoms. The zero-order valence-corrected chi connectivity index (χ0v) is 8.16. The van der Waals surface area contributed by atoms with E-state index in [9.17, 15) is 0 Å². The zero-order valence-electron chi connectivity index (χ0n) is 8.16. The standard InChI is InChI=1S/C12H14N2/c1-10(12-13-7-8-14-12)9-11-5-3-2-4-6-11/h2-6H,1,7-9H2,(H,13,14). The fourth-order valence-corrected chi connectivity index (χ4v) is 1.56. The molecule has 1 heterocycles. The predicted octanol–water partition coefficient (Wildman–Crippen LogP) is 1.79. The summed E-state index contributed by atoms with van der Waals surface area (Å²) in [7, 11) is 0. The molecule has 0 unspecified atom stereocenters. The van der Waals surface area contributed by atoms with Gasteiger partial charge in [0.2, 0.25) is 0 Å². The number of rotatable bonds is 3. The highest BCUT2D eigenvalue weighted by Gasteiger charge is 2.08. The van der Waals surface area contributed by atoms with Crippen molar-refractivity contribution in [2.45, 2.75) is 6.42 Å². The van der Waals surface area contributed by atoms with E-state index >= 15 is 0 Å². The van der Waals surface area contributed by atoms with E-state index in [4.69, 9.17) is 0 Å². The monoisotopic (exact) mass is 186 g/mol. The lowest BCUT2D eigenvalue weighted by Gasteiger charge is -2.05. The first-order valence-corrected chi connectivity index (χ1v) is 4.86. The van der Waals surface area contributed by atoms with E-state index in [0.717, 1.165) is 30.9 Å². The van der Waals surface area contributed by atoms with Crippen LogP contribution >= 0.6 is 0 Å². The number of nitrogens with zero attached hydrogens (tertiary/aromatic N) is 1. The van der Waals surface area contributed by atoms with Gasteiger partial charge in [-0.1, -0.05) is 36.9 Å². The largest absolute Gasteiger partial charge is 0.368 e. The molecule has 1 N–H and O–H groups in total. The summed E-state index contributed by atoms with van der Waals surface area (Å²) in [5, 5.41) is 3.23. The second-order valence-corrected chi connectivity index (χ2v) is 3.42. The van der Waals surface area contributed by atoms with Crippen molar-refractivity contribution in [2.75, 3.05) is 13.1 Å². The van der Waals surface area contributed by atoms with E-state index in [2.05, 4.69) is 29.0 Å². The molecule has 0 atom stereocenters. The first kappa shape index (κ1) is 9.00. The number of hydrogen-bond acceptors (Lipinski definition) is 2. The van der Waals surface area contributed by atoms with Gasteiger partial charge in [-0.2, -0.15) is 0 Å². The molecule has 2 heteroatoms. The minimum absolute atomic E-state index is 0.878. The van der Waals surface area contributed by atoms with Gasteiger partial charge < -0.3 is 5.32 Å². The van der Waals surface area contributed by atoms with Crippen molar-refractivity contribution in [3.05, 3.63) is 48.0 Å². The molecule has 1 aliphatic heterocycles. The Hall–Kier alpha value is -1.57. The van der Waals surface area contributed by atoms with Gasteiger partial charge in [0.05, 0.1) is 6.54 Å². The second kappa shape index (κ2) is 4.09. The topological polar surface area (TPSA) is 24.4 Å². The average Bonchev–Trinajstić information content (AvgIpc) is 2.72. The zero-order chi connectivity index (χ0) is 9.80. The summed E-state index contributed by atoms with van der Waals surface area (Å²) < 4.78 is 0. The lowest BCUT2D eigenvalue weighted by molar-refractivity contribution is 0.957. The van der Waals surface area contributed by atoms with Gasteiger partial charge in [0.1, 0.15) is 5.84 Å². The lowest BCUT2D eigenvalue weighted by atomic mass is 10.1. The van der Waals surface area contributed by atoms with Gasteiger partial charge in [0.25, 0.3) is 0 Å². The molecule has 0 bridgehead atoms. The molecule has 72 valence electrons. The Morgan fingerprint density at radius 2 is 2.14 bits per heavy atom. The summed E-state index contributed by atoms with van der Waals surface area (Å²) in [4.78, 5) is 4.34. The molecule has 2 rings (SSSR count). The van der Waals surface area contributed by atoms with Gasteiger partial charge in [-0.25, -0.2) is 0 Å². The van der Waals surface area contributed by atoms with E-state index < -0.39 is 0 Å². The molecule has 1 aromatic rings. The third-order valence-corrected chi connectivity index (χ3v) is 2.27. The van der Waals surface area contributed by atoms with Gasteiger partial charge in [0, 0.05) is 13.0 Å². The summed E-state index contributed by atoms with van der Waals surface area (Å²) in [5.74, 6) is 0.980. The van der Waals surface area contributed by atoms with Crippen LogP contribution in [0.4, 0.5) is 0 Å². The van der Waals surface area contributed by atoms with Gasteiger partial charge >= 0.3 is 0 Å². The van der Waals surface area contributed by atoms with Crippen LogP contribution in [0.2, 0.25) is 0 Å². The fourth-order valence-electron chi connectivity index (χ4n) is 1.56. The predicted molar refractivity (Wildman–Crippen MR) is 59.6 cm³/mol. The summed E-state index contributed by atoms with van der Waals surface area (Å²) in [6, 6.07) is 10.3. The van der Waals surface area contributed by atoms with Crippen LogP contribution in [0.3, 0.4) is 0 Å². The fraction of sp³-hybridized carbons (Fsp3) is 0.250. The molecule has 0 saturated heterocycles. The highest BCUT2D eigenvalue weighted by atomic mass is 15.1. The quantitative estimate of drug-likeness (QED) is 0.764. The van der Waals surface area contributed by atoms with Crippen LogP contribution in [0.15, 0.2) is 47.5 Å². The Labute approximate surface area is 84.4 Å². The van der Waals surface area contributed by atoms with Crippen molar-refractivity contribution in [2.24, 2.45) is 4.99 Å². The summed E-state index contributed by atoms with van der Waals surface area (Å²) in [6.07, 6.45) is 0.882. The van der Waals surface area contributed by atoms with Gasteiger partial charge in [0.15, 0.2) is 0 Å². The van der Waals surface area contributed by atoms with E-state index in [1.165, 1.54) is 5.56 Å². The summed E-state index contributed by atoms with van der Waals surface area (Å²) >= 11 is 0. The van der Waals surface area contributed by atoms with E-state index in [-0.39, 0.29) is 0 Å². The first-order valence-electron chi connectivity index (χ1n) is 4.86. The van der Waals surface area contributed by atoms with Crippen LogP contribution in [-0.4, -0.2) is 18.9 Å². The molecule has 0 fully saturated rings. The van der Waals surface area contributed by atoms with Gasteiger partial charge in [-0.15, -0.1) is 0 Å². The highest BCUT2D eigenvalue weighted by molar-refractivity contribution is 5.99. The molecular formula is C12H14N2. The summed E-state index contributed by atoms with van der Waals surface area (Å²) in [6.45, 7) is 5.86. The lowest BCUT2D eigenvalue weighted by Crippen LogP contribution is -2.20. The SMILES string of the molecule is C=C(Cc1ccccc1)C1=NCCN1. The molecule has 1 aromatic carbocycles. The normalized spacial score (nSPS) is 14.7. The van der Waals surface area contributed by atoms with Crippen molar-refractivity contribution in [3.8, 4) is 0 Å². The molecule has 0 saturated carbocycles. The second-order valence-electron chi connectivity index (χ2n) is 3.42. The van der Waals surface area contributed by atoms with Crippen molar-refractivity contribution >= 4 is 5.84 Å².